The number of hydrogen-bond acceptors (Lipinski definition) is 3. The number of Topliss-reactive ketones (excluding diaryl/α,β-unsaturated/α-hetero) is 1. The first kappa shape index (κ1) is 16.4. The summed E-state index contributed by atoms with van der Waals surface area (Å²) in [5.74, 6) is -0.161. The first-order valence-corrected chi connectivity index (χ1v) is 5.70. The second kappa shape index (κ2) is 7.66. The van der Waals surface area contributed by atoms with Crippen molar-refractivity contribution in [2.75, 3.05) is 33.2 Å². The highest BCUT2D eigenvalue weighted by molar-refractivity contribution is 5.77. The standard InChI is InChI=1S/C11H21F3N2O/c1-9(10(2)17)4-6-16(7-5-15-3)8-11(12,13)14/h9,15H,4-8H2,1-3H3. The third-order valence-electron chi connectivity index (χ3n) is 2.65. The molecule has 1 atom stereocenters. The van der Waals surface area contributed by atoms with Gasteiger partial charge in [0.15, 0.2) is 0 Å². The Kier molecular flexibility index (Phi) is 7.38. The smallest absolute Gasteiger partial charge is 0.318 e. The van der Waals surface area contributed by atoms with Crippen LogP contribution in [-0.4, -0.2) is 50.1 Å². The fourth-order valence-electron chi connectivity index (χ4n) is 1.37. The first-order chi connectivity index (χ1) is 7.76. The van der Waals surface area contributed by atoms with Gasteiger partial charge in [0.2, 0.25) is 0 Å². The Balaban J connectivity index is 4.14. The molecule has 0 amide bonds. The van der Waals surface area contributed by atoms with Crippen LogP contribution in [0.4, 0.5) is 13.2 Å². The molecule has 0 aromatic rings. The molecule has 0 heterocycles. The SMILES string of the molecule is CNCCN(CCC(C)C(C)=O)CC(F)(F)F. The number of carbonyl (C=O) groups excluding carboxylic acids is 1. The highest BCUT2D eigenvalue weighted by Gasteiger charge is 2.30. The lowest BCUT2D eigenvalue weighted by Gasteiger charge is -2.24. The first-order valence-electron chi connectivity index (χ1n) is 5.70. The van der Waals surface area contributed by atoms with E-state index in [1.807, 2.05) is 0 Å². The molecule has 0 spiro atoms. The monoisotopic (exact) mass is 254 g/mol. The van der Waals surface area contributed by atoms with Gasteiger partial charge >= 0.3 is 6.18 Å². The zero-order valence-corrected chi connectivity index (χ0v) is 10.6. The van der Waals surface area contributed by atoms with Crippen LogP contribution in [-0.2, 0) is 4.79 Å². The van der Waals surface area contributed by atoms with Gasteiger partial charge in [0.25, 0.3) is 0 Å². The van der Waals surface area contributed by atoms with E-state index in [1.54, 1.807) is 14.0 Å². The summed E-state index contributed by atoms with van der Waals surface area (Å²) < 4.78 is 36.9. The molecule has 0 saturated heterocycles. The molecule has 6 heteroatoms. The van der Waals surface area contributed by atoms with Gasteiger partial charge in [-0.05, 0) is 26.9 Å². The quantitative estimate of drug-likeness (QED) is 0.715. The molecule has 0 aromatic heterocycles. The van der Waals surface area contributed by atoms with Gasteiger partial charge in [-0.2, -0.15) is 13.2 Å². The van der Waals surface area contributed by atoms with Crippen LogP contribution < -0.4 is 5.32 Å². The molecule has 0 radical (unpaired) electrons. The van der Waals surface area contributed by atoms with Crippen LogP contribution in [0.25, 0.3) is 0 Å². The molecule has 1 unspecified atom stereocenters. The molecular formula is C11H21F3N2O. The van der Waals surface area contributed by atoms with Crippen molar-refractivity contribution in [1.82, 2.24) is 10.2 Å². The van der Waals surface area contributed by atoms with Gasteiger partial charge in [-0.3, -0.25) is 9.69 Å². The summed E-state index contributed by atoms with van der Waals surface area (Å²) >= 11 is 0. The second-order valence-electron chi connectivity index (χ2n) is 4.30. The number of alkyl halides is 3. The van der Waals surface area contributed by atoms with E-state index < -0.39 is 12.7 Å². The van der Waals surface area contributed by atoms with E-state index in [0.29, 0.717) is 26.1 Å². The average molecular weight is 254 g/mol. The lowest BCUT2D eigenvalue weighted by molar-refractivity contribution is -0.146. The van der Waals surface area contributed by atoms with E-state index in [9.17, 15) is 18.0 Å². The summed E-state index contributed by atoms with van der Waals surface area (Å²) in [4.78, 5) is 12.3. The fraction of sp³-hybridized carbons (Fsp3) is 0.909. The minimum Gasteiger partial charge on any atom is -0.318 e. The molecule has 1 N–H and O–H groups in total. The normalized spacial score (nSPS) is 14.1. The van der Waals surface area contributed by atoms with E-state index >= 15 is 0 Å². The number of hydrogen-bond donors (Lipinski definition) is 1. The summed E-state index contributed by atoms with van der Waals surface area (Å²) in [6.07, 6.45) is -3.72. The van der Waals surface area contributed by atoms with Crippen LogP contribution in [0.15, 0.2) is 0 Å². The third kappa shape index (κ3) is 9.12. The van der Waals surface area contributed by atoms with Gasteiger partial charge < -0.3 is 5.32 Å². The number of ketones is 1. The fourth-order valence-corrected chi connectivity index (χ4v) is 1.37. The molecule has 0 aliphatic rings. The minimum absolute atomic E-state index is 0.0191. The molecule has 0 rings (SSSR count). The predicted molar refractivity (Wildman–Crippen MR) is 60.9 cm³/mol. The van der Waals surface area contributed by atoms with Crippen LogP contribution >= 0.6 is 0 Å². The topological polar surface area (TPSA) is 32.3 Å². The molecule has 17 heavy (non-hydrogen) atoms. The largest absolute Gasteiger partial charge is 0.401 e. The Morgan fingerprint density at radius 1 is 1.35 bits per heavy atom. The summed E-state index contributed by atoms with van der Waals surface area (Å²) in [5.41, 5.74) is 0. The number of likely N-dealkylation sites (N-methyl/N-ethyl adjacent to an activating group) is 1. The highest BCUT2D eigenvalue weighted by atomic mass is 19.4. The van der Waals surface area contributed by atoms with Crippen LogP contribution in [0, 0.1) is 5.92 Å². The number of rotatable bonds is 8. The van der Waals surface area contributed by atoms with Crippen molar-refractivity contribution < 1.29 is 18.0 Å². The maximum absolute atomic E-state index is 12.3. The molecule has 0 aliphatic carbocycles. The maximum Gasteiger partial charge on any atom is 0.401 e. The van der Waals surface area contributed by atoms with Gasteiger partial charge in [-0.25, -0.2) is 0 Å². The Morgan fingerprint density at radius 2 is 1.94 bits per heavy atom. The van der Waals surface area contributed by atoms with E-state index in [-0.39, 0.29) is 11.7 Å². The van der Waals surface area contributed by atoms with E-state index in [0.717, 1.165) is 0 Å². The summed E-state index contributed by atoms with van der Waals surface area (Å²) in [6.45, 7) is 3.42. The highest BCUT2D eigenvalue weighted by Crippen LogP contribution is 2.17. The zero-order chi connectivity index (χ0) is 13.5. The number of nitrogens with zero attached hydrogens (tertiary/aromatic N) is 1. The number of carbonyl (C=O) groups is 1. The van der Waals surface area contributed by atoms with E-state index in [1.165, 1.54) is 11.8 Å². The van der Waals surface area contributed by atoms with Crippen molar-refractivity contribution >= 4 is 5.78 Å². The van der Waals surface area contributed by atoms with Crippen molar-refractivity contribution in [3.63, 3.8) is 0 Å². The Bertz CT molecular complexity index is 231. The predicted octanol–water partition coefficient (Wildman–Crippen LogP) is 1.69. The van der Waals surface area contributed by atoms with Crippen LogP contribution in [0.1, 0.15) is 20.3 Å². The van der Waals surface area contributed by atoms with Crippen molar-refractivity contribution in [2.45, 2.75) is 26.4 Å². The third-order valence-corrected chi connectivity index (χ3v) is 2.65. The van der Waals surface area contributed by atoms with Gasteiger partial charge in [0.1, 0.15) is 5.78 Å². The molecule has 3 nitrogen and oxygen atoms in total. The lowest BCUT2D eigenvalue weighted by Crippen LogP contribution is -2.39. The van der Waals surface area contributed by atoms with Crippen molar-refractivity contribution in [3.05, 3.63) is 0 Å². The summed E-state index contributed by atoms with van der Waals surface area (Å²) in [5, 5.41) is 2.82. The Morgan fingerprint density at radius 3 is 2.35 bits per heavy atom. The molecule has 102 valence electrons. The van der Waals surface area contributed by atoms with Gasteiger partial charge in [-0.1, -0.05) is 6.92 Å². The maximum atomic E-state index is 12.3. The summed E-state index contributed by atoms with van der Waals surface area (Å²) in [6, 6.07) is 0. The molecule has 0 saturated carbocycles. The molecule has 0 bridgehead atoms. The van der Waals surface area contributed by atoms with E-state index in [4.69, 9.17) is 0 Å². The van der Waals surface area contributed by atoms with E-state index in [2.05, 4.69) is 5.32 Å². The second-order valence-corrected chi connectivity index (χ2v) is 4.30. The van der Waals surface area contributed by atoms with Crippen LogP contribution in [0.2, 0.25) is 0 Å². The molecule has 0 aromatic carbocycles. The Hall–Kier alpha value is -0.620. The van der Waals surface area contributed by atoms with Crippen molar-refractivity contribution in [3.8, 4) is 0 Å². The number of halogens is 3. The average Bonchev–Trinajstić information content (AvgIpc) is 2.19. The van der Waals surface area contributed by atoms with Crippen molar-refractivity contribution in [1.29, 1.82) is 0 Å². The van der Waals surface area contributed by atoms with Crippen LogP contribution in [0.5, 0.6) is 0 Å². The minimum atomic E-state index is -4.19. The molecule has 0 fully saturated rings. The number of nitrogens with one attached hydrogen (secondary N) is 1. The van der Waals surface area contributed by atoms with Gasteiger partial charge in [-0.15, -0.1) is 0 Å². The molecular weight excluding hydrogens is 233 g/mol. The van der Waals surface area contributed by atoms with Crippen LogP contribution in [0.3, 0.4) is 0 Å². The van der Waals surface area contributed by atoms with Gasteiger partial charge in [0.05, 0.1) is 6.54 Å². The lowest BCUT2D eigenvalue weighted by atomic mass is 10.0. The summed E-state index contributed by atoms with van der Waals surface area (Å²) in [7, 11) is 1.70. The van der Waals surface area contributed by atoms with Gasteiger partial charge in [0, 0.05) is 19.0 Å². The molecule has 0 aliphatic heterocycles. The Labute approximate surface area is 100 Å². The van der Waals surface area contributed by atoms with Crippen molar-refractivity contribution in [2.24, 2.45) is 5.92 Å². The zero-order valence-electron chi connectivity index (χ0n) is 10.6.